The van der Waals surface area contributed by atoms with Crippen molar-refractivity contribution >= 4 is 18.0 Å². The molecule has 0 saturated carbocycles. The van der Waals surface area contributed by atoms with Crippen molar-refractivity contribution in [3.63, 3.8) is 0 Å². The van der Waals surface area contributed by atoms with Crippen LogP contribution in [0, 0.1) is 23.2 Å². The summed E-state index contributed by atoms with van der Waals surface area (Å²) in [5.41, 5.74) is 1.82. The molecule has 0 spiro atoms. The quantitative estimate of drug-likeness (QED) is 0.451. The number of piperidine rings is 1. The van der Waals surface area contributed by atoms with Crippen molar-refractivity contribution in [2.75, 3.05) is 19.7 Å². The van der Waals surface area contributed by atoms with E-state index in [2.05, 4.69) is 27.7 Å². The fourth-order valence-corrected chi connectivity index (χ4v) is 3.44. The molecule has 27 heavy (non-hydrogen) atoms. The molecule has 1 aliphatic rings. The lowest BCUT2D eigenvalue weighted by molar-refractivity contribution is -0.149. The smallest absolute Gasteiger partial charge is 0.349 e. The van der Waals surface area contributed by atoms with Crippen LogP contribution in [0.25, 0.3) is 6.08 Å². The molecule has 2 rings (SSSR count). The number of carbonyl (C=O) groups excluding carboxylic acids is 2. The van der Waals surface area contributed by atoms with Crippen LogP contribution in [0.4, 0.5) is 0 Å². The van der Waals surface area contributed by atoms with E-state index in [1.54, 1.807) is 4.90 Å². The van der Waals surface area contributed by atoms with Crippen molar-refractivity contribution in [3.05, 3.63) is 41.0 Å². The molecule has 0 radical (unpaired) electrons. The van der Waals surface area contributed by atoms with E-state index < -0.39 is 5.97 Å². The van der Waals surface area contributed by atoms with E-state index in [0.717, 1.165) is 12.0 Å². The zero-order valence-corrected chi connectivity index (χ0v) is 16.6. The molecule has 0 aliphatic carbocycles. The predicted molar refractivity (Wildman–Crippen MR) is 105 cm³/mol. The lowest BCUT2D eigenvalue weighted by Crippen LogP contribution is -2.44. The van der Waals surface area contributed by atoms with Gasteiger partial charge < -0.3 is 9.64 Å². The van der Waals surface area contributed by atoms with Gasteiger partial charge in [-0.2, -0.15) is 5.26 Å². The van der Waals surface area contributed by atoms with Gasteiger partial charge in [-0.15, -0.1) is 0 Å². The molecule has 1 aromatic carbocycles. The standard InChI is InChI=1S/C22H28N2O3/c1-15(2)19-7-5-18(6-8-19)10-20(11-23)22(26)27-14-21(25)24-12-16(3)9-17(4)13-24/h5-8,10,15-17H,9,12-14H2,1-4H3/b20-10+/t16-,17-/m0/s1. The van der Waals surface area contributed by atoms with Crippen molar-refractivity contribution in [2.24, 2.45) is 11.8 Å². The Morgan fingerprint density at radius 2 is 1.81 bits per heavy atom. The number of esters is 1. The number of carbonyl (C=O) groups is 2. The molecule has 0 aromatic heterocycles. The summed E-state index contributed by atoms with van der Waals surface area (Å²) in [7, 11) is 0. The Morgan fingerprint density at radius 3 is 2.33 bits per heavy atom. The predicted octanol–water partition coefficient (Wildman–Crippen LogP) is 3.76. The number of nitrogens with zero attached hydrogens (tertiary/aromatic N) is 2. The summed E-state index contributed by atoms with van der Waals surface area (Å²) in [5.74, 6) is 0.320. The van der Waals surface area contributed by atoms with E-state index in [0.29, 0.717) is 30.8 Å². The second kappa shape index (κ2) is 9.36. The van der Waals surface area contributed by atoms with Gasteiger partial charge in [0.2, 0.25) is 0 Å². The molecule has 144 valence electrons. The Labute approximate surface area is 161 Å². The first-order chi connectivity index (χ1) is 12.8. The summed E-state index contributed by atoms with van der Waals surface area (Å²) < 4.78 is 5.09. The van der Waals surface area contributed by atoms with Gasteiger partial charge in [0.05, 0.1) is 0 Å². The molecule has 5 heteroatoms. The third-order valence-corrected chi connectivity index (χ3v) is 4.80. The molecule has 5 nitrogen and oxygen atoms in total. The van der Waals surface area contributed by atoms with Crippen LogP contribution in [-0.4, -0.2) is 36.5 Å². The number of hydrogen-bond acceptors (Lipinski definition) is 4. The van der Waals surface area contributed by atoms with E-state index in [-0.39, 0.29) is 18.1 Å². The highest BCUT2D eigenvalue weighted by molar-refractivity contribution is 5.98. The Bertz CT molecular complexity index is 734. The zero-order chi connectivity index (χ0) is 20.0. The summed E-state index contributed by atoms with van der Waals surface area (Å²) in [6.45, 7) is 9.47. The maximum Gasteiger partial charge on any atom is 0.349 e. The number of ether oxygens (including phenoxy) is 1. The van der Waals surface area contributed by atoms with Crippen LogP contribution in [0.5, 0.6) is 0 Å². The first-order valence-electron chi connectivity index (χ1n) is 9.46. The lowest BCUT2D eigenvalue weighted by atomic mass is 9.92. The van der Waals surface area contributed by atoms with Crippen LogP contribution in [0.15, 0.2) is 29.8 Å². The van der Waals surface area contributed by atoms with Crippen LogP contribution in [0.2, 0.25) is 0 Å². The van der Waals surface area contributed by atoms with E-state index in [1.165, 1.54) is 11.6 Å². The summed E-state index contributed by atoms with van der Waals surface area (Å²) in [5, 5.41) is 9.27. The third kappa shape index (κ3) is 5.96. The molecule has 1 fully saturated rings. The average Bonchev–Trinajstić information content (AvgIpc) is 2.63. The van der Waals surface area contributed by atoms with Crippen LogP contribution in [0.3, 0.4) is 0 Å². The number of amides is 1. The average molecular weight is 368 g/mol. The van der Waals surface area contributed by atoms with Gasteiger partial charge in [0, 0.05) is 13.1 Å². The first-order valence-corrected chi connectivity index (χ1v) is 9.46. The second-order valence-corrected chi connectivity index (χ2v) is 7.81. The molecule has 1 aliphatic heterocycles. The van der Waals surface area contributed by atoms with Gasteiger partial charge in [-0.1, -0.05) is 52.0 Å². The number of nitriles is 1. The number of rotatable bonds is 5. The van der Waals surface area contributed by atoms with Crippen molar-refractivity contribution < 1.29 is 14.3 Å². The van der Waals surface area contributed by atoms with Crippen molar-refractivity contribution in [1.82, 2.24) is 4.90 Å². The van der Waals surface area contributed by atoms with E-state index in [4.69, 9.17) is 4.74 Å². The lowest BCUT2D eigenvalue weighted by Gasteiger charge is -2.34. The monoisotopic (exact) mass is 368 g/mol. The van der Waals surface area contributed by atoms with Gasteiger partial charge >= 0.3 is 5.97 Å². The van der Waals surface area contributed by atoms with Gasteiger partial charge in [-0.3, -0.25) is 4.79 Å². The topological polar surface area (TPSA) is 70.4 Å². The number of benzene rings is 1. The minimum absolute atomic E-state index is 0.111. The van der Waals surface area contributed by atoms with Gasteiger partial charge in [0.15, 0.2) is 6.61 Å². The Balaban J connectivity index is 1.96. The van der Waals surface area contributed by atoms with Crippen molar-refractivity contribution in [3.8, 4) is 6.07 Å². The molecule has 1 heterocycles. The molecule has 2 atom stereocenters. The van der Waals surface area contributed by atoms with E-state index >= 15 is 0 Å². The SMILES string of the molecule is CC(C)c1ccc(/C=C(\C#N)C(=O)OCC(=O)N2C[C@@H](C)C[C@H](C)C2)cc1. The van der Waals surface area contributed by atoms with Gasteiger partial charge in [-0.05, 0) is 41.4 Å². The Kier molecular flexibility index (Phi) is 7.18. The minimum atomic E-state index is -0.767. The highest BCUT2D eigenvalue weighted by Gasteiger charge is 2.26. The Morgan fingerprint density at radius 1 is 1.22 bits per heavy atom. The van der Waals surface area contributed by atoms with Crippen LogP contribution in [0.1, 0.15) is 51.2 Å². The molecular weight excluding hydrogens is 340 g/mol. The van der Waals surface area contributed by atoms with Crippen LogP contribution < -0.4 is 0 Å². The highest BCUT2D eigenvalue weighted by atomic mass is 16.5. The van der Waals surface area contributed by atoms with Crippen LogP contribution >= 0.6 is 0 Å². The fourth-order valence-electron chi connectivity index (χ4n) is 3.44. The minimum Gasteiger partial charge on any atom is -0.451 e. The number of hydrogen-bond donors (Lipinski definition) is 0. The molecule has 0 bridgehead atoms. The Hall–Kier alpha value is -2.61. The van der Waals surface area contributed by atoms with Gasteiger partial charge in [0.25, 0.3) is 5.91 Å². The maximum absolute atomic E-state index is 12.3. The largest absolute Gasteiger partial charge is 0.451 e. The molecule has 0 unspecified atom stereocenters. The van der Waals surface area contributed by atoms with E-state index in [1.807, 2.05) is 30.3 Å². The number of likely N-dealkylation sites (tertiary alicyclic amines) is 1. The normalized spacial score (nSPS) is 20.3. The molecule has 1 amide bonds. The maximum atomic E-state index is 12.3. The second-order valence-electron chi connectivity index (χ2n) is 7.81. The van der Waals surface area contributed by atoms with Crippen LogP contribution in [-0.2, 0) is 14.3 Å². The highest BCUT2D eigenvalue weighted by Crippen LogP contribution is 2.21. The van der Waals surface area contributed by atoms with Crippen molar-refractivity contribution in [2.45, 2.75) is 40.0 Å². The fraction of sp³-hybridized carbons (Fsp3) is 0.500. The van der Waals surface area contributed by atoms with Gasteiger partial charge in [0.1, 0.15) is 11.6 Å². The van der Waals surface area contributed by atoms with Gasteiger partial charge in [-0.25, -0.2) is 4.79 Å². The summed E-state index contributed by atoms with van der Waals surface area (Å²) >= 11 is 0. The summed E-state index contributed by atoms with van der Waals surface area (Å²) in [6, 6.07) is 9.53. The molecule has 1 aromatic rings. The zero-order valence-electron chi connectivity index (χ0n) is 16.6. The summed E-state index contributed by atoms with van der Waals surface area (Å²) in [6.07, 6.45) is 2.59. The first kappa shape index (κ1) is 20.7. The van der Waals surface area contributed by atoms with E-state index in [9.17, 15) is 14.9 Å². The molecule has 0 N–H and O–H groups in total. The molecule has 1 saturated heterocycles. The van der Waals surface area contributed by atoms with Crippen molar-refractivity contribution in [1.29, 1.82) is 5.26 Å². The summed E-state index contributed by atoms with van der Waals surface area (Å²) in [4.78, 5) is 26.2. The molecular formula is C22H28N2O3. The third-order valence-electron chi connectivity index (χ3n) is 4.80.